The van der Waals surface area contributed by atoms with Gasteiger partial charge >= 0.3 is 12.0 Å². The molecule has 9 nitrogen and oxygen atoms in total. The highest BCUT2D eigenvalue weighted by molar-refractivity contribution is 7.12. The zero-order chi connectivity index (χ0) is 33.6. The molecule has 3 aliphatic heterocycles. The number of urea groups is 1. The number of fused-ring (bicyclic) bond motifs is 5. The van der Waals surface area contributed by atoms with Gasteiger partial charge in [0, 0.05) is 24.9 Å². The Kier molecular flexibility index (Phi) is 9.31. The monoisotopic (exact) mass is 696 g/mol. The normalized spacial score (nSPS) is 26.7. The highest BCUT2D eigenvalue weighted by Gasteiger charge is 2.72. The third-order valence-corrected chi connectivity index (χ3v) is 17.1. The number of nitrogens with zero attached hydrogens (tertiary/aromatic N) is 1. The Morgan fingerprint density at radius 2 is 1.64 bits per heavy atom. The molecule has 5 heterocycles. The molecule has 0 radical (unpaired) electrons. The fraction of sp³-hybridized carbons (Fsp3) is 0.514. The molecule has 3 fully saturated rings. The summed E-state index contributed by atoms with van der Waals surface area (Å²) in [6.45, 7) is 12.5. The molecule has 6 rings (SSSR count). The number of nitrogens with one attached hydrogen (secondary N) is 2. The maximum absolute atomic E-state index is 14.6. The van der Waals surface area contributed by atoms with Crippen LogP contribution in [0.25, 0.3) is 0 Å². The molecule has 4 unspecified atom stereocenters. The highest BCUT2D eigenvalue weighted by Crippen LogP contribution is 2.53. The first-order valence-corrected chi connectivity index (χ1v) is 21.0. The van der Waals surface area contributed by atoms with Gasteiger partial charge < -0.3 is 29.0 Å². The van der Waals surface area contributed by atoms with Gasteiger partial charge in [0.05, 0.1) is 29.9 Å². The van der Waals surface area contributed by atoms with Gasteiger partial charge in [-0.1, -0.05) is 51.1 Å². The zero-order valence-electron chi connectivity index (χ0n) is 28.0. The predicted molar refractivity (Wildman–Crippen MR) is 186 cm³/mol. The van der Waals surface area contributed by atoms with Crippen LogP contribution < -0.4 is 10.6 Å². The summed E-state index contributed by atoms with van der Waals surface area (Å²) >= 11 is 3.06. The summed E-state index contributed by atoms with van der Waals surface area (Å²) in [5.41, 5.74) is 0.137. The van der Waals surface area contributed by atoms with Gasteiger partial charge in [0.2, 0.25) is 5.60 Å². The van der Waals surface area contributed by atoms with Crippen LogP contribution in [0.3, 0.4) is 0 Å². The molecule has 2 bridgehead atoms. The van der Waals surface area contributed by atoms with E-state index in [9.17, 15) is 14.4 Å². The van der Waals surface area contributed by atoms with Gasteiger partial charge in [-0.2, -0.15) is 0 Å². The zero-order valence-corrected chi connectivity index (χ0v) is 30.6. The molecule has 2 amide bonds. The minimum Gasteiger partial charge on any atom is -0.459 e. The minimum absolute atomic E-state index is 0.110. The summed E-state index contributed by atoms with van der Waals surface area (Å²) in [5, 5.41) is 9.77. The van der Waals surface area contributed by atoms with E-state index in [0.29, 0.717) is 31.5 Å². The number of likely N-dealkylation sites (N-methyl/N-ethyl adjacent to an activating group) is 1. The number of esters is 1. The maximum Gasteiger partial charge on any atom is 0.348 e. The Hall–Kier alpha value is -2.87. The van der Waals surface area contributed by atoms with E-state index in [1.54, 1.807) is 18.2 Å². The smallest absolute Gasteiger partial charge is 0.348 e. The molecule has 3 aliphatic rings. The summed E-state index contributed by atoms with van der Waals surface area (Å²) in [5.74, 6) is -0.334. The van der Waals surface area contributed by atoms with Crippen molar-refractivity contribution >= 4 is 49.3 Å². The summed E-state index contributed by atoms with van der Waals surface area (Å²) in [4.78, 5) is 40.0. The van der Waals surface area contributed by atoms with Crippen LogP contribution in [0.5, 0.6) is 0 Å². The molecule has 12 heteroatoms. The van der Waals surface area contributed by atoms with Gasteiger partial charge in [0.1, 0.15) is 36.7 Å². The molecule has 0 spiro atoms. The highest BCUT2D eigenvalue weighted by atomic mass is 32.1. The number of thiophene rings is 2. The van der Waals surface area contributed by atoms with E-state index < -0.39 is 13.9 Å². The fourth-order valence-corrected chi connectivity index (χ4v) is 10.4. The second-order valence-electron chi connectivity index (χ2n) is 14.7. The first kappa shape index (κ1) is 34.0. The lowest BCUT2D eigenvalue weighted by Crippen LogP contribution is -2.64. The van der Waals surface area contributed by atoms with Crippen LogP contribution in [0.15, 0.2) is 59.3 Å². The van der Waals surface area contributed by atoms with E-state index >= 15 is 0 Å². The molecule has 47 heavy (non-hydrogen) atoms. The van der Waals surface area contributed by atoms with Crippen molar-refractivity contribution in [2.75, 3.05) is 20.1 Å². The van der Waals surface area contributed by atoms with Crippen LogP contribution >= 0.6 is 22.7 Å². The topological polar surface area (TPSA) is 106 Å². The summed E-state index contributed by atoms with van der Waals surface area (Å²) in [7, 11) is -0.196. The number of amides is 2. The number of quaternary nitrogens is 1. The van der Waals surface area contributed by atoms with Gasteiger partial charge in [-0.3, -0.25) is 4.79 Å². The van der Waals surface area contributed by atoms with Crippen LogP contribution in [0.1, 0.15) is 59.3 Å². The van der Waals surface area contributed by atoms with E-state index in [-0.39, 0.29) is 47.4 Å². The number of epoxide rings is 1. The number of carbonyl (C=O) groups excluding carboxylic acids is 3. The van der Waals surface area contributed by atoms with Crippen molar-refractivity contribution in [2.24, 2.45) is 0 Å². The first-order chi connectivity index (χ1) is 22.3. The lowest BCUT2D eigenvalue weighted by Gasteiger charge is -2.49. The largest absolute Gasteiger partial charge is 0.459 e. The molecule has 252 valence electrons. The molecular weight excluding hydrogens is 651 g/mol. The maximum atomic E-state index is 14.6. The van der Waals surface area contributed by atoms with Crippen molar-refractivity contribution in [3.63, 3.8) is 0 Å². The summed E-state index contributed by atoms with van der Waals surface area (Å²) in [6.07, 6.45) is 2.24. The number of ether oxygens (including phenoxy) is 2. The van der Waals surface area contributed by atoms with Crippen molar-refractivity contribution in [1.82, 2.24) is 10.6 Å². The number of piperidine rings is 1. The van der Waals surface area contributed by atoms with Gasteiger partial charge in [0.25, 0.3) is 0 Å². The van der Waals surface area contributed by atoms with Crippen molar-refractivity contribution in [3.05, 3.63) is 80.2 Å². The number of benzene rings is 1. The first-order valence-electron chi connectivity index (χ1n) is 16.3. The quantitative estimate of drug-likeness (QED) is 0.0785. The summed E-state index contributed by atoms with van der Waals surface area (Å²) in [6, 6.07) is 15.2. The number of hydrogen-bond donors (Lipinski definition) is 2. The molecule has 4 atom stereocenters. The molecule has 0 aliphatic carbocycles. The average molecular weight is 697 g/mol. The standard InChI is InChI=1S/C35H45N3O6S2Si/c1-34(2,3)47(5,6)44-35(28-12-8-16-45-28,29-13-9-17-46-29)32(40)42-25-19-26-30-31(43-30)27(20-25)38(26,4)15-14-36-33(41)37-21-23-10-7-11-24(18-23)22-39/h7-13,16-18,22,25-27,30-31H,14-15,19-21H2,1-6H3,(H-,36,37,41)/p+1. The van der Waals surface area contributed by atoms with Gasteiger partial charge in [-0.25, -0.2) is 9.59 Å². The third-order valence-electron chi connectivity index (χ3n) is 10.8. The molecular formula is C35H46N3O6S2Si+. The van der Waals surface area contributed by atoms with E-state index in [1.165, 1.54) is 22.7 Å². The lowest BCUT2D eigenvalue weighted by molar-refractivity contribution is -0.955. The third kappa shape index (κ3) is 6.48. The Bertz CT molecular complexity index is 1540. The Morgan fingerprint density at radius 1 is 1.00 bits per heavy atom. The van der Waals surface area contributed by atoms with Crippen molar-refractivity contribution in [2.45, 2.75) is 94.3 Å². The van der Waals surface area contributed by atoms with Crippen molar-refractivity contribution < 1.29 is 32.8 Å². The Balaban J connectivity index is 1.13. The molecule has 2 N–H and O–H groups in total. The van der Waals surface area contributed by atoms with Crippen LogP contribution in [0, 0.1) is 0 Å². The number of morpholine rings is 1. The number of carbonyl (C=O) groups is 3. The summed E-state index contributed by atoms with van der Waals surface area (Å²) < 4.78 is 20.6. The fourth-order valence-electron chi connectivity index (χ4n) is 7.11. The second kappa shape index (κ2) is 12.9. The van der Waals surface area contributed by atoms with E-state index in [1.807, 2.05) is 41.1 Å². The van der Waals surface area contributed by atoms with Crippen molar-refractivity contribution in [1.29, 1.82) is 0 Å². The number of hydrogen-bond acceptors (Lipinski definition) is 8. The molecule has 0 saturated carbocycles. The molecule has 3 saturated heterocycles. The number of aldehydes is 1. The van der Waals surface area contributed by atoms with E-state index in [2.05, 4.69) is 51.5 Å². The van der Waals surface area contributed by atoms with Crippen LogP contribution in [0.4, 0.5) is 4.79 Å². The van der Waals surface area contributed by atoms with Crippen LogP contribution in [0.2, 0.25) is 18.1 Å². The van der Waals surface area contributed by atoms with Crippen molar-refractivity contribution in [3.8, 4) is 0 Å². The van der Waals surface area contributed by atoms with Crippen LogP contribution in [-0.2, 0) is 30.8 Å². The minimum atomic E-state index is -2.44. The molecule has 3 aromatic rings. The average Bonchev–Trinajstić information content (AvgIpc) is 3.33. The predicted octanol–water partition coefficient (Wildman–Crippen LogP) is 6.06. The SMILES string of the molecule is CC(C)(C)[Si](C)(C)OC(C(=O)OC1CC2C3OC3C(C1)[N+]2(C)CCNC(=O)NCc1cccc(C=O)c1)(c1cccs1)c1cccs1. The second-order valence-corrected chi connectivity index (χ2v) is 21.4. The Labute approximate surface area is 286 Å². The van der Waals surface area contributed by atoms with E-state index in [0.717, 1.165) is 32.6 Å². The Morgan fingerprint density at radius 3 is 2.19 bits per heavy atom. The van der Waals surface area contributed by atoms with E-state index in [4.69, 9.17) is 13.9 Å². The van der Waals surface area contributed by atoms with Gasteiger partial charge in [-0.15, -0.1) is 22.7 Å². The van der Waals surface area contributed by atoms with Crippen LogP contribution in [-0.4, -0.2) is 81.6 Å². The van der Waals surface area contributed by atoms with Gasteiger partial charge in [0.15, 0.2) is 8.32 Å². The molecule has 1 aromatic carbocycles. The van der Waals surface area contributed by atoms with Gasteiger partial charge in [-0.05, 0) is 52.7 Å². The lowest BCUT2D eigenvalue weighted by atomic mass is 9.94. The number of rotatable bonds is 12. The molecule has 2 aromatic heterocycles.